The van der Waals surface area contributed by atoms with Gasteiger partial charge in [-0.3, -0.25) is 4.90 Å². The van der Waals surface area contributed by atoms with E-state index in [0.29, 0.717) is 5.92 Å². The van der Waals surface area contributed by atoms with E-state index in [1.165, 1.54) is 11.3 Å². The Labute approximate surface area is 120 Å². The topological polar surface area (TPSA) is 46.6 Å². The van der Waals surface area contributed by atoms with Crippen LogP contribution in [0.3, 0.4) is 0 Å². The molecule has 0 aromatic carbocycles. The Morgan fingerprint density at radius 3 is 2.80 bits per heavy atom. The molecular formula is C15H23N3O2. The van der Waals surface area contributed by atoms with E-state index in [1.807, 2.05) is 7.05 Å². The number of rotatable bonds is 4. The third kappa shape index (κ3) is 3.11. The van der Waals surface area contributed by atoms with Gasteiger partial charge in [-0.1, -0.05) is 6.07 Å². The van der Waals surface area contributed by atoms with Crippen molar-refractivity contribution in [3.63, 3.8) is 0 Å². The van der Waals surface area contributed by atoms with Crippen LogP contribution in [0.4, 0.5) is 5.82 Å². The number of morpholine rings is 1. The second-order valence-electron chi connectivity index (χ2n) is 5.43. The quantitative estimate of drug-likeness (QED) is 0.903. The van der Waals surface area contributed by atoms with Crippen molar-refractivity contribution < 1.29 is 9.47 Å². The van der Waals surface area contributed by atoms with Gasteiger partial charge in [-0.05, 0) is 18.1 Å². The van der Waals surface area contributed by atoms with Crippen molar-refractivity contribution in [3.05, 3.63) is 23.4 Å². The predicted molar refractivity (Wildman–Crippen MR) is 78.1 cm³/mol. The Morgan fingerprint density at radius 1 is 1.25 bits per heavy atom. The highest BCUT2D eigenvalue weighted by Crippen LogP contribution is 2.29. The molecule has 1 unspecified atom stereocenters. The lowest BCUT2D eigenvalue weighted by Crippen LogP contribution is -2.36. The Kier molecular flexibility index (Phi) is 4.50. The van der Waals surface area contributed by atoms with Gasteiger partial charge in [0.25, 0.3) is 0 Å². The van der Waals surface area contributed by atoms with E-state index in [-0.39, 0.29) is 0 Å². The van der Waals surface area contributed by atoms with Crippen LogP contribution in [-0.4, -0.2) is 56.4 Å². The summed E-state index contributed by atoms with van der Waals surface area (Å²) in [5, 5.41) is 3.14. The Hall–Kier alpha value is -1.17. The number of nitrogens with zero attached hydrogens (tertiary/aromatic N) is 2. The maximum absolute atomic E-state index is 5.54. The summed E-state index contributed by atoms with van der Waals surface area (Å²) in [6, 6.07) is 4.28. The lowest BCUT2D eigenvalue weighted by atomic mass is 9.96. The number of nitrogens with one attached hydrogen (secondary N) is 1. The first-order valence-electron chi connectivity index (χ1n) is 7.42. The lowest BCUT2D eigenvalue weighted by molar-refractivity contribution is 0.0335. The molecule has 0 amide bonds. The average molecular weight is 277 g/mol. The summed E-state index contributed by atoms with van der Waals surface area (Å²) in [6.45, 7) is 6.25. The van der Waals surface area contributed by atoms with Crippen LogP contribution in [0.1, 0.15) is 23.6 Å². The van der Waals surface area contributed by atoms with E-state index in [9.17, 15) is 0 Å². The fourth-order valence-electron chi connectivity index (χ4n) is 2.90. The van der Waals surface area contributed by atoms with Crippen LogP contribution in [0.5, 0.6) is 0 Å². The highest BCUT2D eigenvalue weighted by atomic mass is 16.5. The fraction of sp³-hybridized carbons (Fsp3) is 0.667. The maximum Gasteiger partial charge on any atom is 0.126 e. The number of pyridine rings is 1. The van der Waals surface area contributed by atoms with E-state index >= 15 is 0 Å². The molecule has 0 bridgehead atoms. The summed E-state index contributed by atoms with van der Waals surface area (Å²) in [7, 11) is 1.92. The Balaban J connectivity index is 1.80. The number of anilines is 1. The molecular weight excluding hydrogens is 254 g/mol. The molecule has 3 rings (SSSR count). The largest absolute Gasteiger partial charge is 0.381 e. The van der Waals surface area contributed by atoms with E-state index in [2.05, 4.69) is 22.3 Å². The van der Waals surface area contributed by atoms with Crippen molar-refractivity contribution in [2.45, 2.75) is 18.9 Å². The summed E-state index contributed by atoms with van der Waals surface area (Å²) in [5.74, 6) is 1.44. The van der Waals surface area contributed by atoms with E-state index in [4.69, 9.17) is 14.5 Å². The standard InChI is InChI=1S/C15H23N3O2/c1-16-15-3-2-13(12-4-7-20-11-12)14(17-15)10-18-5-8-19-9-6-18/h2-3,12H,4-11H2,1H3,(H,16,17). The first-order valence-corrected chi connectivity index (χ1v) is 7.42. The van der Waals surface area contributed by atoms with Gasteiger partial charge in [0.15, 0.2) is 0 Å². The molecule has 5 heteroatoms. The molecule has 0 spiro atoms. The molecule has 0 saturated carbocycles. The molecule has 2 fully saturated rings. The molecule has 5 nitrogen and oxygen atoms in total. The SMILES string of the molecule is CNc1ccc(C2CCOC2)c(CN2CCOCC2)n1. The Bertz CT molecular complexity index is 441. The van der Waals surface area contributed by atoms with Gasteiger partial charge < -0.3 is 14.8 Å². The van der Waals surface area contributed by atoms with Gasteiger partial charge >= 0.3 is 0 Å². The molecule has 20 heavy (non-hydrogen) atoms. The Morgan fingerprint density at radius 2 is 2.10 bits per heavy atom. The second-order valence-corrected chi connectivity index (χ2v) is 5.43. The maximum atomic E-state index is 5.54. The average Bonchev–Trinajstić information content (AvgIpc) is 3.02. The molecule has 1 atom stereocenters. The van der Waals surface area contributed by atoms with Crippen LogP contribution < -0.4 is 5.32 Å². The summed E-state index contributed by atoms with van der Waals surface area (Å²) in [5.41, 5.74) is 2.54. The van der Waals surface area contributed by atoms with Crippen molar-refractivity contribution in [2.24, 2.45) is 0 Å². The van der Waals surface area contributed by atoms with Crippen LogP contribution in [0, 0.1) is 0 Å². The molecule has 1 aromatic heterocycles. The molecule has 110 valence electrons. The van der Waals surface area contributed by atoms with Crippen LogP contribution >= 0.6 is 0 Å². The normalized spacial score (nSPS) is 23.9. The highest BCUT2D eigenvalue weighted by molar-refractivity contribution is 5.39. The molecule has 2 saturated heterocycles. The van der Waals surface area contributed by atoms with Crippen LogP contribution in [0.15, 0.2) is 12.1 Å². The summed E-state index contributed by atoms with van der Waals surface area (Å²) >= 11 is 0. The van der Waals surface area contributed by atoms with Crippen LogP contribution in [0.25, 0.3) is 0 Å². The molecule has 0 aliphatic carbocycles. The van der Waals surface area contributed by atoms with Gasteiger partial charge in [0.05, 0.1) is 25.5 Å². The lowest BCUT2D eigenvalue weighted by Gasteiger charge is -2.27. The van der Waals surface area contributed by atoms with Crippen LogP contribution in [-0.2, 0) is 16.0 Å². The van der Waals surface area contributed by atoms with Crippen molar-refractivity contribution in [3.8, 4) is 0 Å². The zero-order chi connectivity index (χ0) is 13.8. The second kappa shape index (κ2) is 6.52. The monoisotopic (exact) mass is 277 g/mol. The van der Waals surface area contributed by atoms with E-state index in [1.54, 1.807) is 0 Å². The van der Waals surface area contributed by atoms with Gasteiger partial charge in [-0.25, -0.2) is 4.98 Å². The van der Waals surface area contributed by atoms with Crippen LogP contribution in [0.2, 0.25) is 0 Å². The molecule has 3 heterocycles. The van der Waals surface area contributed by atoms with Gasteiger partial charge in [-0.2, -0.15) is 0 Å². The van der Waals surface area contributed by atoms with Crippen molar-refractivity contribution in [1.82, 2.24) is 9.88 Å². The number of aromatic nitrogens is 1. The van der Waals surface area contributed by atoms with Crippen molar-refractivity contribution >= 4 is 5.82 Å². The minimum absolute atomic E-state index is 0.504. The highest BCUT2D eigenvalue weighted by Gasteiger charge is 2.23. The van der Waals surface area contributed by atoms with Gasteiger partial charge in [0.2, 0.25) is 0 Å². The zero-order valence-corrected chi connectivity index (χ0v) is 12.1. The minimum Gasteiger partial charge on any atom is -0.381 e. The first kappa shape index (κ1) is 13.8. The van der Waals surface area contributed by atoms with Gasteiger partial charge in [0, 0.05) is 39.2 Å². The molecule has 1 N–H and O–H groups in total. The summed E-state index contributed by atoms with van der Waals surface area (Å²) in [6.07, 6.45) is 1.11. The van der Waals surface area contributed by atoms with Crippen molar-refractivity contribution in [2.75, 3.05) is 51.9 Å². The van der Waals surface area contributed by atoms with Gasteiger partial charge in [-0.15, -0.1) is 0 Å². The molecule has 2 aliphatic rings. The number of hydrogen-bond donors (Lipinski definition) is 1. The van der Waals surface area contributed by atoms with Crippen molar-refractivity contribution in [1.29, 1.82) is 0 Å². The van der Waals surface area contributed by atoms with E-state index in [0.717, 1.165) is 58.3 Å². The first-order chi connectivity index (χ1) is 9.86. The molecule has 2 aliphatic heterocycles. The molecule has 0 radical (unpaired) electrons. The molecule has 1 aromatic rings. The minimum atomic E-state index is 0.504. The fourth-order valence-corrected chi connectivity index (χ4v) is 2.90. The summed E-state index contributed by atoms with van der Waals surface area (Å²) in [4.78, 5) is 7.20. The number of ether oxygens (including phenoxy) is 2. The van der Waals surface area contributed by atoms with Gasteiger partial charge in [0.1, 0.15) is 5.82 Å². The summed E-state index contributed by atoms with van der Waals surface area (Å²) < 4.78 is 11.0. The third-order valence-electron chi connectivity index (χ3n) is 4.11. The van der Waals surface area contributed by atoms with E-state index < -0.39 is 0 Å². The predicted octanol–water partition coefficient (Wildman–Crippen LogP) is 1.46. The third-order valence-corrected chi connectivity index (χ3v) is 4.11. The smallest absolute Gasteiger partial charge is 0.126 e. The zero-order valence-electron chi connectivity index (χ0n) is 12.1. The number of hydrogen-bond acceptors (Lipinski definition) is 5.